The van der Waals surface area contributed by atoms with Crippen LogP contribution in [0, 0.1) is 11.3 Å². The van der Waals surface area contributed by atoms with Crippen LogP contribution in [-0.2, 0) is 12.8 Å². The molecular formula is C17H10ClF3N4O. The van der Waals surface area contributed by atoms with Gasteiger partial charge in [-0.05, 0) is 29.8 Å². The van der Waals surface area contributed by atoms with Crippen LogP contribution in [0.5, 0.6) is 5.75 Å². The molecule has 1 heterocycles. The molecule has 0 unspecified atom stereocenters. The topological polar surface area (TPSA) is 74.6 Å². The van der Waals surface area contributed by atoms with Gasteiger partial charge in [0.25, 0.3) is 0 Å². The maximum absolute atomic E-state index is 12.9. The van der Waals surface area contributed by atoms with E-state index in [0.717, 1.165) is 6.07 Å². The predicted molar refractivity (Wildman–Crippen MR) is 87.3 cm³/mol. The summed E-state index contributed by atoms with van der Waals surface area (Å²) in [4.78, 5) is 0. The Morgan fingerprint density at radius 3 is 2.73 bits per heavy atom. The summed E-state index contributed by atoms with van der Waals surface area (Å²) in [6.07, 6.45) is -4.53. The SMILES string of the molecule is N#Cc1[nH]nnc1-c1cccc(OCc2ccc(Cl)c(C(F)(F)F)c2)c1. The first kappa shape index (κ1) is 17.8. The molecule has 9 heteroatoms. The number of rotatable bonds is 4. The van der Waals surface area contributed by atoms with Crippen molar-refractivity contribution in [1.82, 2.24) is 15.4 Å². The molecule has 26 heavy (non-hydrogen) atoms. The van der Waals surface area contributed by atoms with Crippen molar-refractivity contribution in [2.75, 3.05) is 0 Å². The third-order valence-corrected chi connectivity index (χ3v) is 3.84. The number of hydrogen-bond donors (Lipinski definition) is 1. The smallest absolute Gasteiger partial charge is 0.417 e. The fourth-order valence-electron chi connectivity index (χ4n) is 2.29. The molecule has 0 radical (unpaired) electrons. The van der Waals surface area contributed by atoms with Crippen LogP contribution in [0.3, 0.4) is 0 Å². The van der Waals surface area contributed by atoms with Crippen LogP contribution >= 0.6 is 11.6 Å². The number of alkyl halides is 3. The van der Waals surface area contributed by atoms with E-state index in [9.17, 15) is 13.2 Å². The Balaban J connectivity index is 1.79. The van der Waals surface area contributed by atoms with E-state index >= 15 is 0 Å². The average molecular weight is 379 g/mol. The van der Waals surface area contributed by atoms with Gasteiger partial charge in [0.2, 0.25) is 0 Å². The van der Waals surface area contributed by atoms with Gasteiger partial charge in [-0.15, -0.1) is 5.10 Å². The summed E-state index contributed by atoms with van der Waals surface area (Å²) in [6.45, 7) is -0.0758. The van der Waals surface area contributed by atoms with Gasteiger partial charge >= 0.3 is 6.18 Å². The molecule has 0 amide bonds. The lowest BCUT2D eigenvalue weighted by atomic mass is 10.1. The van der Waals surface area contributed by atoms with Gasteiger partial charge in [0.05, 0.1) is 10.6 Å². The Kier molecular flexibility index (Phi) is 4.82. The molecule has 0 aliphatic heterocycles. The van der Waals surface area contributed by atoms with Crippen LogP contribution in [-0.4, -0.2) is 15.4 Å². The lowest BCUT2D eigenvalue weighted by Gasteiger charge is -2.12. The summed E-state index contributed by atoms with van der Waals surface area (Å²) in [5.41, 5.74) is 0.583. The second-order valence-electron chi connectivity index (χ2n) is 5.28. The second kappa shape index (κ2) is 7.06. The molecule has 0 spiro atoms. The van der Waals surface area contributed by atoms with Crippen LogP contribution in [0.15, 0.2) is 42.5 Å². The monoisotopic (exact) mass is 378 g/mol. The van der Waals surface area contributed by atoms with Gasteiger partial charge in [-0.2, -0.15) is 18.4 Å². The average Bonchev–Trinajstić information content (AvgIpc) is 3.09. The van der Waals surface area contributed by atoms with E-state index in [1.165, 1.54) is 12.1 Å². The van der Waals surface area contributed by atoms with E-state index in [0.29, 0.717) is 22.6 Å². The molecule has 132 valence electrons. The number of nitrogens with zero attached hydrogens (tertiary/aromatic N) is 3. The minimum absolute atomic E-state index is 0.0758. The predicted octanol–water partition coefficient (Wildman–Crippen LogP) is 4.59. The third kappa shape index (κ3) is 3.78. The molecule has 0 fully saturated rings. The van der Waals surface area contributed by atoms with E-state index in [2.05, 4.69) is 15.4 Å². The Labute approximate surface area is 151 Å². The van der Waals surface area contributed by atoms with Crippen molar-refractivity contribution in [3.8, 4) is 23.1 Å². The lowest BCUT2D eigenvalue weighted by molar-refractivity contribution is -0.137. The number of benzene rings is 2. The standard InChI is InChI=1S/C17H10ClF3N4O/c18-14-5-4-10(6-13(14)17(19,20)21)9-26-12-3-1-2-11(7-12)16-15(8-22)23-25-24-16/h1-7H,9H2,(H,23,24,25). The van der Waals surface area contributed by atoms with E-state index in [4.69, 9.17) is 21.6 Å². The molecule has 1 N–H and O–H groups in total. The Morgan fingerprint density at radius 2 is 2.00 bits per heavy atom. The normalized spacial score (nSPS) is 11.2. The Hall–Kier alpha value is -3.05. The summed E-state index contributed by atoms with van der Waals surface area (Å²) < 4.78 is 44.3. The largest absolute Gasteiger partial charge is 0.489 e. The highest BCUT2D eigenvalue weighted by molar-refractivity contribution is 6.31. The number of H-pyrrole nitrogens is 1. The van der Waals surface area contributed by atoms with Crippen molar-refractivity contribution < 1.29 is 17.9 Å². The molecule has 5 nitrogen and oxygen atoms in total. The minimum Gasteiger partial charge on any atom is -0.489 e. The molecule has 3 aromatic rings. The van der Waals surface area contributed by atoms with Crippen molar-refractivity contribution in [3.63, 3.8) is 0 Å². The fourth-order valence-corrected chi connectivity index (χ4v) is 2.51. The quantitative estimate of drug-likeness (QED) is 0.720. The Morgan fingerprint density at radius 1 is 1.19 bits per heavy atom. The van der Waals surface area contributed by atoms with E-state index in [-0.39, 0.29) is 17.3 Å². The zero-order valence-corrected chi connectivity index (χ0v) is 13.8. The van der Waals surface area contributed by atoms with E-state index in [1.54, 1.807) is 24.3 Å². The number of hydrogen-bond acceptors (Lipinski definition) is 4. The fraction of sp³-hybridized carbons (Fsp3) is 0.118. The van der Waals surface area contributed by atoms with Crippen LogP contribution in [0.4, 0.5) is 13.2 Å². The molecule has 1 aromatic heterocycles. The van der Waals surface area contributed by atoms with Gasteiger partial charge in [-0.25, -0.2) is 5.10 Å². The van der Waals surface area contributed by atoms with Crippen molar-refractivity contribution in [1.29, 1.82) is 5.26 Å². The molecule has 0 aliphatic rings. The maximum atomic E-state index is 12.9. The van der Waals surface area contributed by atoms with Crippen LogP contribution in [0.25, 0.3) is 11.3 Å². The van der Waals surface area contributed by atoms with Gasteiger partial charge in [-0.3, -0.25) is 0 Å². The summed E-state index contributed by atoms with van der Waals surface area (Å²) in [5, 5.41) is 18.5. The van der Waals surface area contributed by atoms with Crippen molar-refractivity contribution in [3.05, 3.63) is 64.3 Å². The summed E-state index contributed by atoms with van der Waals surface area (Å²) >= 11 is 5.60. The van der Waals surface area contributed by atoms with E-state index in [1.807, 2.05) is 6.07 Å². The summed E-state index contributed by atoms with van der Waals surface area (Å²) in [6, 6.07) is 12.2. The van der Waals surface area contributed by atoms with Crippen molar-refractivity contribution in [2.45, 2.75) is 12.8 Å². The number of halogens is 4. The van der Waals surface area contributed by atoms with Crippen molar-refractivity contribution in [2.24, 2.45) is 0 Å². The van der Waals surface area contributed by atoms with Crippen LogP contribution in [0.1, 0.15) is 16.8 Å². The molecule has 0 atom stereocenters. The molecule has 3 rings (SSSR count). The Bertz CT molecular complexity index is 979. The van der Waals surface area contributed by atoms with Gasteiger partial charge in [0.1, 0.15) is 24.1 Å². The number of nitriles is 1. The maximum Gasteiger partial charge on any atom is 0.417 e. The first-order valence-electron chi connectivity index (χ1n) is 7.28. The number of nitrogens with one attached hydrogen (secondary N) is 1. The highest BCUT2D eigenvalue weighted by Gasteiger charge is 2.33. The number of aromatic amines is 1. The zero-order chi connectivity index (χ0) is 18.7. The zero-order valence-electron chi connectivity index (χ0n) is 13.0. The van der Waals surface area contributed by atoms with Gasteiger partial charge < -0.3 is 4.74 Å². The number of aromatic nitrogens is 3. The van der Waals surface area contributed by atoms with Crippen LogP contribution < -0.4 is 4.74 Å². The molecule has 0 saturated carbocycles. The second-order valence-corrected chi connectivity index (χ2v) is 5.68. The highest BCUT2D eigenvalue weighted by atomic mass is 35.5. The summed E-state index contributed by atoms with van der Waals surface area (Å²) in [5.74, 6) is 0.415. The summed E-state index contributed by atoms with van der Waals surface area (Å²) in [7, 11) is 0. The van der Waals surface area contributed by atoms with Crippen LogP contribution in [0.2, 0.25) is 5.02 Å². The third-order valence-electron chi connectivity index (χ3n) is 3.51. The molecule has 0 aliphatic carbocycles. The first-order chi connectivity index (χ1) is 12.4. The van der Waals surface area contributed by atoms with Gasteiger partial charge in [-0.1, -0.05) is 35.0 Å². The van der Waals surface area contributed by atoms with Crippen molar-refractivity contribution >= 4 is 11.6 Å². The van der Waals surface area contributed by atoms with E-state index < -0.39 is 11.7 Å². The highest BCUT2D eigenvalue weighted by Crippen LogP contribution is 2.35. The first-order valence-corrected chi connectivity index (χ1v) is 7.66. The molecule has 0 bridgehead atoms. The number of ether oxygens (including phenoxy) is 1. The van der Waals surface area contributed by atoms with Gasteiger partial charge in [0.15, 0.2) is 5.69 Å². The minimum atomic E-state index is -4.53. The van der Waals surface area contributed by atoms with Gasteiger partial charge in [0, 0.05) is 5.56 Å². The molecular weight excluding hydrogens is 369 g/mol. The molecule has 2 aromatic carbocycles. The molecule has 0 saturated heterocycles. The lowest BCUT2D eigenvalue weighted by Crippen LogP contribution is -2.07.